The van der Waals surface area contributed by atoms with Crippen molar-refractivity contribution in [2.24, 2.45) is 5.92 Å². The molecule has 0 aliphatic carbocycles. The predicted octanol–water partition coefficient (Wildman–Crippen LogP) is 5.00. The number of Topliss-reactive ketones (excluding diaryl/α,β-unsaturated/α-hetero) is 1. The third-order valence-electron chi connectivity index (χ3n) is 5.13. The first-order valence-corrected chi connectivity index (χ1v) is 10.3. The Balaban J connectivity index is 2.04. The van der Waals surface area contributed by atoms with Gasteiger partial charge < -0.3 is 14.2 Å². The van der Waals surface area contributed by atoms with Crippen molar-refractivity contribution >= 4 is 11.8 Å². The van der Waals surface area contributed by atoms with Gasteiger partial charge in [-0.05, 0) is 5.56 Å². The average molecular weight is 464 g/mol. The molecule has 0 fully saturated rings. The van der Waals surface area contributed by atoms with Gasteiger partial charge in [0.05, 0.1) is 13.2 Å². The van der Waals surface area contributed by atoms with Crippen molar-refractivity contribution in [2.75, 3.05) is 13.7 Å². The zero-order valence-electron chi connectivity index (χ0n) is 18.5. The van der Waals surface area contributed by atoms with Gasteiger partial charge in [-0.15, -0.1) is 0 Å². The lowest BCUT2D eigenvalue weighted by molar-refractivity contribution is -0.277. The molecule has 0 saturated carbocycles. The van der Waals surface area contributed by atoms with Crippen LogP contribution in [-0.2, 0) is 36.0 Å². The molecule has 0 heterocycles. The van der Waals surface area contributed by atoms with Gasteiger partial charge >= 0.3 is 12.1 Å². The van der Waals surface area contributed by atoms with Gasteiger partial charge in [-0.25, -0.2) is 4.79 Å². The van der Waals surface area contributed by atoms with Gasteiger partial charge in [-0.3, -0.25) is 4.79 Å². The molecule has 0 N–H and O–H groups in total. The van der Waals surface area contributed by atoms with Crippen molar-refractivity contribution in [1.29, 1.82) is 0 Å². The number of alkyl halides is 3. The van der Waals surface area contributed by atoms with Crippen LogP contribution in [0.1, 0.15) is 24.5 Å². The van der Waals surface area contributed by atoms with Gasteiger partial charge in [0.1, 0.15) is 11.9 Å². The lowest BCUT2D eigenvalue weighted by Gasteiger charge is -2.33. The molecule has 0 bridgehead atoms. The summed E-state index contributed by atoms with van der Waals surface area (Å²) in [6, 6.07) is 15.8. The third-order valence-corrected chi connectivity index (χ3v) is 5.13. The molecule has 33 heavy (non-hydrogen) atoms. The van der Waals surface area contributed by atoms with E-state index in [2.05, 4.69) is 6.58 Å². The van der Waals surface area contributed by atoms with Crippen molar-refractivity contribution in [3.63, 3.8) is 0 Å². The maximum absolute atomic E-state index is 14.0. The molecule has 3 atom stereocenters. The van der Waals surface area contributed by atoms with Crippen molar-refractivity contribution in [3.05, 3.63) is 84.4 Å². The number of benzene rings is 2. The zero-order valence-corrected chi connectivity index (χ0v) is 18.5. The molecule has 2 rings (SSSR count). The van der Waals surface area contributed by atoms with Crippen LogP contribution in [0.4, 0.5) is 13.2 Å². The Labute approximate surface area is 191 Å². The molecule has 5 nitrogen and oxygen atoms in total. The number of ketones is 1. The highest BCUT2D eigenvalue weighted by Gasteiger charge is 2.64. The fraction of sp³-hybridized carbons (Fsp3) is 0.360. The van der Waals surface area contributed by atoms with Crippen LogP contribution in [0.25, 0.3) is 0 Å². The molecule has 0 radical (unpaired) electrons. The second kappa shape index (κ2) is 11.8. The molecular weight excluding hydrogens is 437 g/mol. The smallest absolute Gasteiger partial charge is 0.432 e. The number of ether oxygens (including phenoxy) is 3. The van der Waals surface area contributed by atoms with E-state index in [4.69, 9.17) is 14.2 Å². The Morgan fingerprint density at radius 3 is 2.12 bits per heavy atom. The lowest BCUT2D eigenvalue weighted by atomic mass is 9.92. The largest absolute Gasteiger partial charge is 0.455 e. The van der Waals surface area contributed by atoms with Crippen molar-refractivity contribution in [2.45, 2.75) is 37.8 Å². The minimum Gasteiger partial charge on any atom is -0.455 e. The molecule has 0 saturated heterocycles. The first-order chi connectivity index (χ1) is 15.7. The molecule has 2 aromatic rings. The molecular formula is C25H27F3O5. The van der Waals surface area contributed by atoms with Crippen molar-refractivity contribution < 1.29 is 37.0 Å². The Bertz CT molecular complexity index is 915. The normalized spacial score (nSPS) is 15.2. The third kappa shape index (κ3) is 6.52. The monoisotopic (exact) mass is 464 g/mol. The van der Waals surface area contributed by atoms with Crippen LogP contribution < -0.4 is 0 Å². The molecule has 0 unspecified atom stereocenters. The summed E-state index contributed by atoms with van der Waals surface area (Å²) < 4.78 is 57.3. The van der Waals surface area contributed by atoms with E-state index in [1.54, 1.807) is 6.92 Å². The summed E-state index contributed by atoms with van der Waals surface area (Å²) in [5, 5.41) is 0. The van der Waals surface area contributed by atoms with E-state index in [-0.39, 0.29) is 18.8 Å². The van der Waals surface area contributed by atoms with Crippen LogP contribution in [0.2, 0.25) is 0 Å². The van der Waals surface area contributed by atoms with E-state index in [9.17, 15) is 22.8 Å². The maximum atomic E-state index is 14.0. The molecule has 178 valence electrons. The Morgan fingerprint density at radius 1 is 1.03 bits per heavy atom. The van der Waals surface area contributed by atoms with E-state index in [1.165, 1.54) is 18.2 Å². The SMILES string of the molecule is C=C[C@H](CC(=O)[C@H](C)COCc1ccccc1)OC(=O)[C@](OC)(c1ccccc1)C(F)(F)F. The Hall–Kier alpha value is -2.97. The number of methoxy groups -OCH3 is 1. The number of carbonyl (C=O) groups excluding carboxylic acids is 2. The second-order valence-electron chi connectivity index (χ2n) is 7.50. The van der Waals surface area contributed by atoms with Gasteiger partial charge in [-0.1, -0.05) is 80.2 Å². The van der Waals surface area contributed by atoms with Gasteiger partial charge in [0.2, 0.25) is 0 Å². The molecule has 8 heteroatoms. The van der Waals surface area contributed by atoms with E-state index < -0.39 is 35.3 Å². The first-order valence-electron chi connectivity index (χ1n) is 10.3. The fourth-order valence-corrected chi connectivity index (χ4v) is 3.20. The maximum Gasteiger partial charge on any atom is 0.432 e. The van der Waals surface area contributed by atoms with Crippen molar-refractivity contribution in [3.8, 4) is 0 Å². The number of halogens is 3. The predicted molar refractivity (Wildman–Crippen MR) is 116 cm³/mol. The van der Waals surface area contributed by atoms with Crippen LogP contribution in [0.15, 0.2) is 73.3 Å². The fourth-order valence-electron chi connectivity index (χ4n) is 3.20. The molecule has 0 amide bonds. The summed E-state index contributed by atoms with van der Waals surface area (Å²) in [7, 11) is 0.780. The lowest BCUT2D eigenvalue weighted by Crippen LogP contribution is -2.52. The minimum absolute atomic E-state index is 0.111. The van der Waals surface area contributed by atoms with Gasteiger partial charge in [-0.2, -0.15) is 13.2 Å². The number of carbonyl (C=O) groups is 2. The summed E-state index contributed by atoms with van der Waals surface area (Å²) in [6.45, 7) is 5.55. The summed E-state index contributed by atoms with van der Waals surface area (Å²) in [4.78, 5) is 25.3. The average Bonchev–Trinajstić information content (AvgIpc) is 2.79. The summed E-state index contributed by atoms with van der Waals surface area (Å²) >= 11 is 0. The quantitative estimate of drug-likeness (QED) is 0.327. The van der Waals surface area contributed by atoms with Gasteiger partial charge in [0, 0.05) is 25.0 Å². The number of esters is 1. The van der Waals surface area contributed by atoms with E-state index in [0.717, 1.165) is 30.9 Å². The topological polar surface area (TPSA) is 61.8 Å². The number of hydrogen-bond acceptors (Lipinski definition) is 5. The highest BCUT2D eigenvalue weighted by Crippen LogP contribution is 2.43. The van der Waals surface area contributed by atoms with Crippen LogP contribution in [0, 0.1) is 5.92 Å². The summed E-state index contributed by atoms with van der Waals surface area (Å²) in [6.07, 6.45) is -5.58. The van der Waals surface area contributed by atoms with Crippen LogP contribution in [-0.4, -0.2) is 37.7 Å². The molecule has 0 aliphatic heterocycles. The van der Waals surface area contributed by atoms with Crippen LogP contribution in [0.5, 0.6) is 0 Å². The van der Waals surface area contributed by atoms with E-state index in [1.807, 2.05) is 30.3 Å². The Kier molecular flexibility index (Phi) is 9.37. The van der Waals surface area contributed by atoms with Crippen molar-refractivity contribution in [1.82, 2.24) is 0 Å². The van der Waals surface area contributed by atoms with Crippen LogP contribution in [0.3, 0.4) is 0 Å². The molecule has 0 aliphatic rings. The molecule has 2 aromatic carbocycles. The highest BCUT2D eigenvalue weighted by molar-refractivity contribution is 5.84. The number of hydrogen-bond donors (Lipinski definition) is 0. The highest BCUT2D eigenvalue weighted by atomic mass is 19.4. The van der Waals surface area contributed by atoms with E-state index in [0.29, 0.717) is 6.61 Å². The summed E-state index contributed by atoms with van der Waals surface area (Å²) in [5.41, 5.74) is -2.82. The molecule has 0 aromatic heterocycles. The number of rotatable bonds is 12. The molecule has 0 spiro atoms. The van der Waals surface area contributed by atoms with Crippen LogP contribution >= 0.6 is 0 Å². The second-order valence-corrected chi connectivity index (χ2v) is 7.50. The summed E-state index contributed by atoms with van der Waals surface area (Å²) in [5.74, 6) is -2.57. The standard InChI is InChI=1S/C25H27F3O5/c1-4-21(15-22(29)18(2)16-32-17-19-11-7-5-8-12-19)33-23(30)24(31-3,25(26,27)28)20-13-9-6-10-14-20/h4-14,18,21H,1,15-17H2,2-3H3/t18-,21-,24-/m1/s1. The Morgan fingerprint density at radius 2 is 1.61 bits per heavy atom. The van der Waals surface area contributed by atoms with Gasteiger partial charge in [0.25, 0.3) is 5.60 Å². The zero-order chi connectivity index (χ0) is 24.5. The first kappa shape index (κ1) is 26.3. The van der Waals surface area contributed by atoms with E-state index >= 15 is 0 Å². The van der Waals surface area contributed by atoms with Gasteiger partial charge in [0.15, 0.2) is 0 Å². The minimum atomic E-state index is -5.10.